The van der Waals surface area contributed by atoms with Crippen molar-refractivity contribution in [3.05, 3.63) is 65.2 Å². The molecule has 2 aromatic rings. The SMILES string of the molecule is C/C=C(\NNC(=O)COc1cc(C)ccc1C(C)C)c1ccccc1O. The fourth-order valence-corrected chi connectivity index (χ4v) is 2.56. The first-order chi connectivity index (χ1) is 12.4. The van der Waals surface area contributed by atoms with Gasteiger partial charge < -0.3 is 9.84 Å². The Morgan fingerprint density at radius 2 is 1.92 bits per heavy atom. The summed E-state index contributed by atoms with van der Waals surface area (Å²) in [5, 5.41) is 9.92. The van der Waals surface area contributed by atoms with Gasteiger partial charge in [-0.1, -0.05) is 44.2 Å². The van der Waals surface area contributed by atoms with Crippen molar-refractivity contribution in [2.24, 2.45) is 0 Å². The molecule has 0 aromatic heterocycles. The number of para-hydroxylation sites is 1. The second-order valence-electron chi connectivity index (χ2n) is 6.38. The normalized spacial score (nSPS) is 11.3. The lowest BCUT2D eigenvalue weighted by Gasteiger charge is -2.16. The zero-order chi connectivity index (χ0) is 19.1. The Morgan fingerprint density at radius 3 is 2.58 bits per heavy atom. The minimum atomic E-state index is -0.309. The van der Waals surface area contributed by atoms with Gasteiger partial charge in [0.1, 0.15) is 11.5 Å². The fourth-order valence-electron chi connectivity index (χ4n) is 2.56. The van der Waals surface area contributed by atoms with Crippen molar-refractivity contribution in [1.82, 2.24) is 10.9 Å². The number of amides is 1. The van der Waals surface area contributed by atoms with Crippen LogP contribution in [0.25, 0.3) is 5.70 Å². The standard InChI is InChI=1S/C21H26N2O3/c1-5-18(17-8-6-7-9-19(17)24)22-23-21(25)13-26-20-12-15(4)10-11-16(20)14(2)3/h5-12,14,22,24H,13H2,1-4H3,(H,23,25)/b18-5-. The second-order valence-corrected chi connectivity index (χ2v) is 6.38. The van der Waals surface area contributed by atoms with E-state index in [1.54, 1.807) is 24.3 Å². The number of phenols is 1. The number of aromatic hydroxyl groups is 1. The molecule has 0 fully saturated rings. The monoisotopic (exact) mass is 354 g/mol. The summed E-state index contributed by atoms with van der Waals surface area (Å²) in [4.78, 5) is 12.1. The van der Waals surface area contributed by atoms with Gasteiger partial charge >= 0.3 is 0 Å². The van der Waals surface area contributed by atoms with Gasteiger partial charge in [-0.3, -0.25) is 15.6 Å². The smallest absolute Gasteiger partial charge is 0.276 e. The number of aryl methyl sites for hydroxylation is 1. The van der Waals surface area contributed by atoms with Gasteiger partial charge in [0.2, 0.25) is 0 Å². The molecular formula is C21H26N2O3. The summed E-state index contributed by atoms with van der Waals surface area (Å²) in [6.45, 7) is 7.88. The van der Waals surface area contributed by atoms with Crippen LogP contribution in [0.1, 0.15) is 43.4 Å². The lowest BCUT2D eigenvalue weighted by atomic mass is 10.0. The van der Waals surface area contributed by atoms with Crippen LogP contribution >= 0.6 is 0 Å². The van der Waals surface area contributed by atoms with E-state index in [-0.39, 0.29) is 18.3 Å². The van der Waals surface area contributed by atoms with Crippen molar-refractivity contribution in [2.75, 3.05) is 6.61 Å². The minimum Gasteiger partial charge on any atom is -0.507 e. The first kappa shape index (κ1) is 19.4. The van der Waals surface area contributed by atoms with E-state index in [4.69, 9.17) is 4.74 Å². The molecule has 0 aliphatic heterocycles. The van der Waals surface area contributed by atoms with E-state index < -0.39 is 0 Å². The van der Waals surface area contributed by atoms with Crippen LogP contribution in [0.3, 0.4) is 0 Å². The number of allylic oxidation sites excluding steroid dienone is 1. The molecule has 0 unspecified atom stereocenters. The summed E-state index contributed by atoms with van der Waals surface area (Å²) in [7, 11) is 0. The summed E-state index contributed by atoms with van der Waals surface area (Å²) >= 11 is 0. The van der Waals surface area contributed by atoms with Gasteiger partial charge in [-0.2, -0.15) is 0 Å². The number of benzene rings is 2. The zero-order valence-corrected chi connectivity index (χ0v) is 15.7. The lowest BCUT2D eigenvalue weighted by molar-refractivity contribution is -0.123. The molecule has 0 atom stereocenters. The summed E-state index contributed by atoms with van der Waals surface area (Å²) in [6, 6.07) is 12.9. The third-order valence-electron chi connectivity index (χ3n) is 3.97. The van der Waals surface area contributed by atoms with E-state index >= 15 is 0 Å². The van der Waals surface area contributed by atoms with E-state index in [1.807, 2.05) is 38.1 Å². The van der Waals surface area contributed by atoms with Gasteiger partial charge in [0, 0.05) is 5.56 Å². The number of hydrogen-bond acceptors (Lipinski definition) is 4. The van der Waals surface area contributed by atoms with Gasteiger partial charge in [-0.25, -0.2) is 0 Å². The molecule has 0 radical (unpaired) electrons. The number of rotatable bonds is 7. The Kier molecular flexibility index (Phi) is 6.67. The fraction of sp³-hybridized carbons (Fsp3) is 0.286. The number of hydrogen-bond donors (Lipinski definition) is 3. The van der Waals surface area contributed by atoms with Crippen LogP contribution in [0.15, 0.2) is 48.5 Å². The highest BCUT2D eigenvalue weighted by Gasteiger charge is 2.11. The Hall–Kier alpha value is -2.95. The van der Waals surface area contributed by atoms with Crippen molar-refractivity contribution in [3.8, 4) is 11.5 Å². The predicted octanol–water partition coefficient (Wildman–Crippen LogP) is 3.88. The quantitative estimate of drug-likeness (QED) is 0.660. The van der Waals surface area contributed by atoms with Crippen LogP contribution in [0, 0.1) is 6.92 Å². The van der Waals surface area contributed by atoms with E-state index in [9.17, 15) is 9.90 Å². The Balaban J connectivity index is 1.96. The maximum Gasteiger partial charge on any atom is 0.276 e. The van der Waals surface area contributed by atoms with E-state index in [0.29, 0.717) is 17.2 Å². The molecule has 138 valence electrons. The first-order valence-corrected chi connectivity index (χ1v) is 8.65. The van der Waals surface area contributed by atoms with Crippen molar-refractivity contribution >= 4 is 11.6 Å². The highest BCUT2D eigenvalue weighted by atomic mass is 16.5. The average Bonchev–Trinajstić information content (AvgIpc) is 2.61. The molecule has 0 aliphatic rings. The van der Waals surface area contributed by atoms with Gasteiger partial charge in [0.05, 0.1) is 5.70 Å². The van der Waals surface area contributed by atoms with E-state index in [2.05, 4.69) is 24.7 Å². The first-order valence-electron chi connectivity index (χ1n) is 8.65. The molecule has 0 bridgehead atoms. The molecule has 1 amide bonds. The van der Waals surface area contributed by atoms with Gasteiger partial charge in [-0.05, 0) is 49.1 Å². The molecular weight excluding hydrogens is 328 g/mol. The highest BCUT2D eigenvalue weighted by molar-refractivity contribution is 5.79. The van der Waals surface area contributed by atoms with Gasteiger partial charge in [0.15, 0.2) is 6.61 Å². The second kappa shape index (κ2) is 8.94. The van der Waals surface area contributed by atoms with Crippen LogP contribution in [-0.4, -0.2) is 17.6 Å². The molecule has 5 nitrogen and oxygen atoms in total. The van der Waals surface area contributed by atoms with E-state index in [0.717, 1.165) is 16.9 Å². The third-order valence-corrected chi connectivity index (χ3v) is 3.97. The summed E-state index contributed by atoms with van der Waals surface area (Å²) < 4.78 is 5.72. The van der Waals surface area contributed by atoms with Gasteiger partial charge in [0.25, 0.3) is 5.91 Å². The van der Waals surface area contributed by atoms with Crippen LogP contribution in [-0.2, 0) is 4.79 Å². The molecule has 0 aliphatic carbocycles. The number of carbonyl (C=O) groups excluding carboxylic acids is 1. The van der Waals surface area contributed by atoms with Gasteiger partial charge in [-0.15, -0.1) is 0 Å². The molecule has 26 heavy (non-hydrogen) atoms. The molecule has 5 heteroatoms. The maximum atomic E-state index is 12.1. The number of nitrogens with one attached hydrogen (secondary N) is 2. The highest BCUT2D eigenvalue weighted by Crippen LogP contribution is 2.27. The maximum absolute atomic E-state index is 12.1. The minimum absolute atomic E-state index is 0.103. The topological polar surface area (TPSA) is 70.6 Å². The molecule has 2 aromatic carbocycles. The van der Waals surface area contributed by atoms with Crippen LogP contribution in [0.2, 0.25) is 0 Å². The molecule has 2 rings (SSSR count). The van der Waals surface area contributed by atoms with Crippen molar-refractivity contribution < 1.29 is 14.6 Å². The number of hydrazine groups is 1. The van der Waals surface area contributed by atoms with Crippen molar-refractivity contribution in [3.63, 3.8) is 0 Å². The largest absolute Gasteiger partial charge is 0.507 e. The van der Waals surface area contributed by atoms with E-state index in [1.165, 1.54) is 0 Å². The number of phenolic OH excluding ortho intramolecular Hbond substituents is 1. The molecule has 0 saturated carbocycles. The zero-order valence-electron chi connectivity index (χ0n) is 15.7. The Bertz CT molecular complexity index is 798. The molecule has 0 spiro atoms. The Labute approximate surface area is 154 Å². The van der Waals surface area contributed by atoms with Crippen LogP contribution in [0.5, 0.6) is 11.5 Å². The lowest BCUT2D eigenvalue weighted by Crippen LogP contribution is -2.39. The molecule has 3 N–H and O–H groups in total. The Morgan fingerprint density at radius 1 is 1.19 bits per heavy atom. The third kappa shape index (κ3) is 5.02. The average molecular weight is 354 g/mol. The summed E-state index contributed by atoms with van der Waals surface area (Å²) in [5.74, 6) is 0.862. The van der Waals surface area contributed by atoms with Crippen LogP contribution in [0.4, 0.5) is 0 Å². The summed E-state index contributed by atoms with van der Waals surface area (Å²) in [6.07, 6.45) is 1.77. The number of carbonyl (C=O) groups is 1. The predicted molar refractivity (Wildman–Crippen MR) is 104 cm³/mol. The van der Waals surface area contributed by atoms with Crippen molar-refractivity contribution in [2.45, 2.75) is 33.6 Å². The van der Waals surface area contributed by atoms with Crippen LogP contribution < -0.4 is 15.6 Å². The van der Waals surface area contributed by atoms with Crippen molar-refractivity contribution in [1.29, 1.82) is 0 Å². The molecule has 0 heterocycles. The number of ether oxygens (including phenoxy) is 1. The summed E-state index contributed by atoms with van der Waals surface area (Å²) in [5.41, 5.74) is 8.80. The molecule has 0 saturated heterocycles.